The van der Waals surface area contributed by atoms with Gasteiger partial charge in [0.1, 0.15) is 29.9 Å². The number of aliphatic carboxylic acids is 1. The van der Waals surface area contributed by atoms with Gasteiger partial charge in [0.15, 0.2) is 6.61 Å². The lowest BCUT2D eigenvalue weighted by molar-refractivity contribution is -0.142. The van der Waals surface area contributed by atoms with Gasteiger partial charge < -0.3 is 31.1 Å². The van der Waals surface area contributed by atoms with Crippen molar-refractivity contribution >= 4 is 40.9 Å². The molecule has 5 N–H and O–H groups in total. The molecule has 1 aromatic heterocycles. The maximum Gasteiger partial charge on any atom is 0.326 e. The van der Waals surface area contributed by atoms with E-state index in [0.717, 1.165) is 27.1 Å². The largest absolute Gasteiger partial charge is 0.484 e. The summed E-state index contributed by atoms with van der Waals surface area (Å²) in [5, 5.41) is 23.2. The molecule has 288 valence electrons. The number of aryl methyl sites for hydroxylation is 1. The second-order valence-corrected chi connectivity index (χ2v) is 14.8. The van der Waals surface area contributed by atoms with E-state index in [1.54, 1.807) is 24.3 Å². The molecule has 0 aliphatic carbocycles. The van der Waals surface area contributed by atoms with Crippen LogP contribution < -0.4 is 26.0 Å². The number of ether oxygens (including phenoxy) is 1. The van der Waals surface area contributed by atoms with Gasteiger partial charge in [0.05, 0.1) is 0 Å². The molecule has 56 heavy (non-hydrogen) atoms. The molecule has 5 aromatic rings. The molecule has 2 bridgehead atoms. The van der Waals surface area contributed by atoms with Crippen molar-refractivity contribution in [3.63, 3.8) is 0 Å². The van der Waals surface area contributed by atoms with E-state index in [0.29, 0.717) is 17.7 Å². The van der Waals surface area contributed by atoms with Crippen LogP contribution in [0.25, 0.3) is 11.1 Å². The van der Waals surface area contributed by atoms with Gasteiger partial charge in [-0.1, -0.05) is 110 Å². The van der Waals surface area contributed by atoms with Gasteiger partial charge in [-0.25, -0.2) is 4.79 Å². The van der Waals surface area contributed by atoms with Crippen LogP contribution in [0.15, 0.2) is 127 Å². The molecule has 7 rings (SSSR count). The number of carboxylic acids is 1. The van der Waals surface area contributed by atoms with Crippen molar-refractivity contribution in [1.29, 1.82) is 0 Å². The molecular formula is C44H44N4O7S. The molecule has 4 amide bonds. The first-order valence-corrected chi connectivity index (χ1v) is 19.4. The molecule has 2 unspecified atom stereocenters. The van der Waals surface area contributed by atoms with Gasteiger partial charge in [-0.15, -0.1) is 11.3 Å². The number of carbonyl (C=O) groups excluding carboxylic acids is 4. The first kappa shape index (κ1) is 39.4. The van der Waals surface area contributed by atoms with Gasteiger partial charge in [0, 0.05) is 23.6 Å². The van der Waals surface area contributed by atoms with Crippen LogP contribution in [0.1, 0.15) is 40.8 Å². The highest BCUT2D eigenvalue weighted by atomic mass is 32.1. The zero-order chi connectivity index (χ0) is 39.4. The fourth-order valence-electron chi connectivity index (χ4n) is 6.59. The molecule has 2 aliphatic heterocycles. The molecule has 2 aliphatic rings. The molecule has 0 saturated heterocycles. The van der Waals surface area contributed by atoms with E-state index >= 15 is 0 Å². The zero-order valence-corrected chi connectivity index (χ0v) is 31.7. The van der Waals surface area contributed by atoms with Gasteiger partial charge in [-0.05, 0) is 64.2 Å². The van der Waals surface area contributed by atoms with Crippen LogP contribution in [0.3, 0.4) is 0 Å². The number of carbonyl (C=O) groups is 5. The van der Waals surface area contributed by atoms with E-state index in [2.05, 4.69) is 21.3 Å². The third-order valence-electron chi connectivity index (χ3n) is 9.77. The van der Waals surface area contributed by atoms with E-state index in [-0.39, 0.29) is 19.3 Å². The van der Waals surface area contributed by atoms with Crippen molar-refractivity contribution in [2.45, 2.75) is 62.7 Å². The summed E-state index contributed by atoms with van der Waals surface area (Å²) in [6.45, 7) is 1.43. The first-order valence-electron chi connectivity index (χ1n) is 18.5. The highest BCUT2D eigenvalue weighted by Crippen LogP contribution is 2.25. The lowest BCUT2D eigenvalue weighted by atomic mass is 9.97. The SMILES string of the molecule is CC(c1cccs1)[C@@H]1NC(=O)COc2ccc(cc2)C[C@@H](C(=O)O)NC(=O)C(CCc2ccccc2)NC(=O)[C@@H](Cc2ccc(-c3ccccc3)cc2)NC1=O. The summed E-state index contributed by atoms with van der Waals surface area (Å²) in [5.41, 5.74) is 4.26. The van der Waals surface area contributed by atoms with Gasteiger partial charge in [0.25, 0.3) is 5.91 Å². The predicted molar refractivity (Wildman–Crippen MR) is 214 cm³/mol. The molecule has 5 atom stereocenters. The minimum Gasteiger partial charge on any atom is -0.484 e. The molecule has 0 spiro atoms. The van der Waals surface area contributed by atoms with Gasteiger partial charge in [-0.2, -0.15) is 0 Å². The molecule has 0 fully saturated rings. The zero-order valence-electron chi connectivity index (χ0n) is 30.9. The summed E-state index contributed by atoms with van der Waals surface area (Å²) in [6, 6.07) is 32.4. The van der Waals surface area contributed by atoms with Crippen molar-refractivity contribution in [1.82, 2.24) is 21.3 Å². The number of benzene rings is 4. The van der Waals surface area contributed by atoms with E-state index in [1.807, 2.05) is 109 Å². The summed E-state index contributed by atoms with van der Waals surface area (Å²) in [6.07, 6.45) is 0.576. The maximum absolute atomic E-state index is 14.4. The monoisotopic (exact) mass is 772 g/mol. The highest BCUT2D eigenvalue weighted by molar-refractivity contribution is 7.10. The van der Waals surface area contributed by atoms with Crippen LogP contribution in [0.2, 0.25) is 0 Å². The average molecular weight is 773 g/mol. The Labute approximate surface area is 329 Å². The van der Waals surface area contributed by atoms with Crippen LogP contribution in [0.4, 0.5) is 0 Å². The number of amides is 4. The smallest absolute Gasteiger partial charge is 0.326 e. The van der Waals surface area contributed by atoms with Crippen molar-refractivity contribution in [2.24, 2.45) is 0 Å². The summed E-state index contributed by atoms with van der Waals surface area (Å²) in [5.74, 6) is -3.82. The van der Waals surface area contributed by atoms with Crippen molar-refractivity contribution in [2.75, 3.05) is 6.61 Å². The quantitative estimate of drug-likeness (QED) is 0.131. The summed E-state index contributed by atoms with van der Waals surface area (Å²) >= 11 is 1.44. The second kappa shape index (κ2) is 18.9. The maximum atomic E-state index is 14.4. The van der Waals surface area contributed by atoms with Gasteiger partial charge >= 0.3 is 5.97 Å². The summed E-state index contributed by atoms with van der Waals surface area (Å²) in [4.78, 5) is 69.3. The first-order chi connectivity index (χ1) is 27.1. The lowest BCUT2D eigenvalue weighted by Gasteiger charge is -2.28. The number of hydrogen-bond acceptors (Lipinski definition) is 7. The fourth-order valence-corrected chi connectivity index (χ4v) is 7.42. The second-order valence-electron chi connectivity index (χ2n) is 13.8. The number of thiophene rings is 1. The van der Waals surface area contributed by atoms with Crippen LogP contribution in [0, 0.1) is 0 Å². The molecular weight excluding hydrogens is 729 g/mol. The normalized spacial score (nSPS) is 20.2. The Hall–Kier alpha value is -6.27. The number of hydrogen-bond donors (Lipinski definition) is 5. The number of carboxylic acid groups (broad SMARTS) is 1. The Morgan fingerprint density at radius 1 is 0.714 bits per heavy atom. The topological polar surface area (TPSA) is 163 Å². The number of nitrogens with one attached hydrogen (secondary N) is 4. The van der Waals surface area contributed by atoms with Crippen LogP contribution in [-0.2, 0) is 43.2 Å². The molecule has 12 heteroatoms. The Balaban J connectivity index is 1.34. The standard InChI is InChI=1S/C44H44N4O7S/c1-28(38-13-8-24-56-38)40-43(52)46-36(25-30-14-19-33(20-15-30)32-11-6-3-7-12-32)42(51)45-35(23-18-29-9-4-2-5-10-29)41(50)47-37(44(53)54)26-31-16-21-34(22-17-31)55-27-39(49)48-40/h2-17,19-22,24,28,35-37,40H,18,23,25-27H2,1H3,(H,45,51)(H,46,52)(H,47,50)(H,48,49)(H,53,54)/t28?,35?,36-,37+,40+/m1/s1. The van der Waals surface area contributed by atoms with Crippen LogP contribution >= 0.6 is 11.3 Å². The Bertz CT molecular complexity index is 2090. The van der Waals surface area contributed by atoms with Crippen molar-refractivity contribution in [3.05, 3.63) is 148 Å². The Morgan fingerprint density at radius 2 is 1.36 bits per heavy atom. The minimum absolute atomic E-state index is 0.0405. The van der Waals surface area contributed by atoms with Gasteiger partial charge in [0.2, 0.25) is 17.7 Å². The minimum atomic E-state index is -1.31. The van der Waals surface area contributed by atoms with E-state index in [4.69, 9.17) is 4.74 Å². The molecule has 3 heterocycles. The Kier molecular flexibility index (Phi) is 13.3. The molecule has 0 saturated carbocycles. The lowest BCUT2D eigenvalue weighted by Crippen LogP contribution is -2.59. The molecule has 11 nitrogen and oxygen atoms in total. The van der Waals surface area contributed by atoms with Crippen molar-refractivity contribution < 1.29 is 33.8 Å². The van der Waals surface area contributed by atoms with Crippen LogP contribution in [0.5, 0.6) is 5.75 Å². The third kappa shape index (κ3) is 10.7. The van der Waals surface area contributed by atoms with Crippen molar-refractivity contribution in [3.8, 4) is 16.9 Å². The van der Waals surface area contributed by atoms with E-state index < -0.39 is 66.3 Å². The predicted octanol–water partition coefficient (Wildman–Crippen LogP) is 5.05. The van der Waals surface area contributed by atoms with E-state index in [1.165, 1.54) is 11.3 Å². The molecule has 4 aromatic carbocycles. The molecule has 0 radical (unpaired) electrons. The summed E-state index contributed by atoms with van der Waals surface area (Å²) in [7, 11) is 0. The van der Waals surface area contributed by atoms with Crippen LogP contribution in [-0.4, -0.2) is 65.5 Å². The third-order valence-corrected chi connectivity index (χ3v) is 10.8. The Morgan fingerprint density at radius 3 is 2.02 bits per heavy atom. The summed E-state index contributed by atoms with van der Waals surface area (Å²) < 4.78 is 5.73. The highest BCUT2D eigenvalue weighted by Gasteiger charge is 2.34. The number of rotatable bonds is 9. The average Bonchev–Trinajstić information content (AvgIpc) is 3.76. The van der Waals surface area contributed by atoms with Gasteiger partial charge in [-0.3, -0.25) is 19.2 Å². The van der Waals surface area contributed by atoms with E-state index in [9.17, 15) is 29.1 Å². The fraction of sp³-hybridized carbons (Fsp3) is 0.250. The number of fused-ring (bicyclic) bond motifs is 16.